The van der Waals surface area contributed by atoms with Gasteiger partial charge in [0.1, 0.15) is 5.82 Å². The normalized spacial score (nSPS) is 21.2. The van der Waals surface area contributed by atoms with Gasteiger partial charge >= 0.3 is 12.0 Å². The van der Waals surface area contributed by atoms with Gasteiger partial charge in [-0.15, -0.1) is 0 Å². The molecule has 2 aromatic carbocycles. The number of hydrogen-bond acceptors (Lipinski definition) is 6. The van der Waals surface area contributed by atoms with E-state index in [9.17, 15) is 22.4 Å². The number of likely N-dealkylation sites (N-methyl/N-ethyl adjacent to an activating group) is 1. The van der Waals surface area contributed by atoms with E-state index < -0.39 is 33.9 Å². The van der Waals surface area contributed by atoms with Crippen LogP contribution in [0.4, 0.5) is 9.18 Å². The van der Waals surface area contributed by atoms with E-state index in [-0.39, 0.29) is 36.2 Å². The average molecular weight is 579 g/mol. The fourth-order valence-electron chi connectivity index (χ4n) is 5.06. The lowest BCUT2D eigenvalue weighted by atomic mass is 9.94. The average Bonchev–Trinajstić information content (AvgIpc) is 2.89. The second kappa shape index (κ2) is 12.0. The van der Waals surface area contributed by atoms with Crippen molar-refractivity contribution in [1.82, 2.24) is 19.4 Å². The molecular weight excluding hydrogens is 547 g/mol. The minimum Gasteiger partial charge on any atom is -0.463 e. The molecule has 2 amide bonds. The molecule has 0 aliphatic carbocycles. The maximum atomic E-state index is 14.1. The van der Waals surface area contributed by atoms with Gasteiger partial charge in [0.15, 0.2) is 0 Å². The number of nitrogens with zero attached hydrogens (tertiary/aromatic N) is 3. The van der Waals surface area contributed by atoms with Gasteiger partial charge in [0.25, 0.3) is 0 Å². The van der Waals surface area contributed by atoms with Crippen molar-refractivity contribution in [2.24, 2.45) is 0 Å². The van der Waals surface area contributed by atoms with Gasteiger partial charge in [0.2, 0.25) is 10.0 Å². The van der Waals surface area contributed by atoms with Gasteiger partial charge in [0, 0.05) is 49.5 Å². The largest absolute Gasteiger partial charge is 0.463 e. The fourth-order valence-corrected chi connectivity index (χ4v) is 6.80. The van der Waals surface area contributed by atoms with Crippen LogP contribution in [0.2, 0.25) is 5.02 Å². The summed E-state index contributed by atoms with van der Waals surface area (Å²) < 4.78 is 47.5. The summed E-state index contributed by atoms with van der Waals surface area (Å²) in [7, 11) is -3.74. The van der Waals surface area contributed by atoms with Gasteiger partial charge in [-0.25, -0.2) is 22.4 Å². The van der Waals surface area contributed by atoms with E-state index in [1.54, 1.807) is 32.0 Å². The number of esters is 1. The molecular formula is C27H32ClFN4O5S. The third-order valence-corrected chi connectivity index (χ3v) is 9.16. The van der Waals surface area contributed by atoms with Crippen LogP contribution in [0.1, 0.15) is 32.4 Å². The molecule has 9 nitrogen and oxygen atoms in total. The highest BCUT2D eigenvalue weighted by molar-refractivity contribution is 7.89. The summed E-state index contributed by atoms with van der Waals surface area (Å²) in [6.07, 6.45) is 0. The number of hydrogen-bond donors (Lipinski definition) is 1. The highest BCUT2D eigenvalue weighted by Crippen LogP contribution is 2.33. The van der Waals surface area contributed by atoms with Gasteiger partial charge in [-0.2, -0.15) is 4.31 Å². The molecule has 2 aliphatic rings. The highest BCUT2D eigenvalue weighted by atomic mass is 35.5. The van der Waals surface area contributed by atoms with Gasteiger partial charge in [-0.1, -0.05) is 23.7 Å². The summed E-state index contributed by atoms with van der Waals surface area (Å²) in [4.78, 5) is 30.0. The van der Waals surface area contributed by atoms with Crippen molar-refractivity contribution in [3.63, 3.8) is 0 Å². The predicted molar refractivity (Wildman–Crippen MR) is 145 cm³/mol. The Kier molecular flexibility index (Phi) is 8.95. The first-order valence-electron chi connectivity index (χ1n) is 12.8. The van der Waals surface area contributed by atoms with E-state index in [0.29, 0.717) is 35.9 Å². The number of halogens is 2. The monoisotopic (exact) mass is 578 g/mol. The van der Waals surface area contributed by atoms with E-state index in [4.69, 9.17) is 16.3 Å². The Labute approximate surface area is 233 Å². The van der Waals surface area contributed by atoms with Crippen LogP contribution in [0.25, 0.3) is 0 Å². The third kappa shape index (κ3) is 6.11. The second-order valence-corrected chi connectivity index (χ2v) is 11.7. The Morgan fingerprint density at radius 2 is 1.87 bits per heavy atom. The summed E-state index contributed by atoms with van der Waals surface area (Å²) in [5, 5.41) is 3.27. The van der Waals surface area contributed by atoms with Crippen LogP contribution in [0.3, 0.4) is 0 Å². The number of amides is 2. The van der Waals surface area contributed by atoms with Crippen LogP contribution in [0.15, 0.2) is 64.7 Å². The molecule has 1 fully saturated rings. The number of nitrogens with one attached hydrogen (secondary N) is 1. The number of sulfonamides is 1. The zero-order chi connectivity index (χ0) is 28.3. The van der Waals surface area contributed by atoms with E-state index in [2.05, 4.69) is 5.32 Å². The number of rotatable bonds is 8. The lowest BCUT2D eigenvalue weighted by Gasteiger charge is -2.42. The van der Waals surface area contributed by atoms with Gasteiger partial charge in [-0.3, -0.25) is 9.80 Å². The maximum absolute atomic E-state index is 14.1. The van der Waals surface area contributed by atoms with Gasteiger partial charge < -0.3 is 10.1 Å². The molecule has 210 valence electrons. The molecule has 0 unspecified atom stereocenters. The number of benzene rings is 2. The van der Waals surface area contributed by atoms with E-state index in [1.807, 2.05) is 11.8 Å². The minimum absolute atomic E-state index is 0.129. The molecule has 2 atom stereocenters. The standard InChI is InChI=1S/C27H32ClFN4O5S/c1-4-32-23(24(26(34)38-5-2)25(30-27(32)35)19-7-6-8-21(29)15-19)17-31-13-14-33(18(3)16-31)39(36,37)22-11-9-20(28)10-12-22/h6-12,15,18,25H,4-5,13-14,16-17H2,1-3H3,(H,30,35)/t18-,25-/m0/s1. The number of ether oxygens (including phenoxy) is 1. The first-order chi connectivity index (χ1) is 18.6. The quantitative estimate of drug-likeness (QED) is 0.479. The molecule has 39 heavy (non-hydrogen) atoms. The van der Waals surface area contributed by atoms with Crippen LogP contribution < -0.4 is 5.32 Å². The summed E-state index contributed by atoms with van der Waals surface area (Å²) in [6.45, 7) is 6.91. The first-order valence-corrected chi connectivity index (χ1v) is 14.6. The van der Waals surface area contributed by atoms with Crippen molar-refractivity contribution in [3.05, 3.63) is 76.2 Å². The van der Waals surface area contributed by atoms with Gasteiger partial charge in [-0.05, 0) is 62.7 Å². The highest BCUT2D eigenvalue weighted by Gasteiger charge is 2.40. The summed E-state index contributed by atoms with van der Waals surface area (Å²) in [6, 6.07) is 10.1. The van der Waals surface area contributed by atoms with E-state index in [1.165, 1.54) is 39.5 Å². The smallest absolute Gasteiger partial charge is 0.338 e. The van der Waals surface area contributed by atoms with Crippen molar-refractivity contribution in [2.75, 3.05) is 39.3 Å². The first kappa shape index (κ1) is 29.0. The third-order valence-electron chi connectivity index (χ3n) is 6.88. The van der Waals surface area contributed by atoms with Crippen LogP contribution in [0, 0.1) is 5.82 Å². The summed E-state index contributed by atoms with van der Waals surface area (Å²) in [5.74, 6) is -1.09. The van der Waals surface area contributed by atoms with Crippen molar-refractivity contribution in [1.29, 1.82) is 0 Å². The van der Waals surface area contributed by atoms with Crippen molar-refractivity contribution in [3.8, 4) is 0 Å². The van der Waals surface area contributed by atoms with Crippen LogP contribution in [-0.2, 0) is 19.6 Å². The van der Waals surface area contributed by atoms with Crippen molar-refractivity contribution >= 4 is 33.6 Å². The molecule has 2 heterocycles. The molecule has 1 N–H and O–H groups in total. The lowest BCUT2D eigenvalue weighted by molar-refractivity contribution is -0.139. The van der Waals surface area contributed by atoms with Crippen molar-refractivity contribution < 1.29 is 27.1 Å². The molecule has 1 saturated heterocycles. The number of urea groups is 1. The van der Waals surface area contributed by atoms with E-state index in [0.717, 1.165) is 0 Å². The predicted octanol–water partition coefficient (Wildman–Crippen LogP) is 3.78. The molecule has 4 rings (SSSR count). The van der Waals surface area contributed by atoms with Gasteiger partial charge in [0.05, 0.1) is 23.1 Å². The molecule has 2 aromatic rings. The summed E-state index contributed by atoms with van der Waals surface area (Å²) >= 11 is 5.93. The maximum Gasteiger partial charge on any atom is 0.338 e. The Morgan fingerprint density at radius 3 is 2.49 bits per heavy atom. The molecule has 0 aromatic heterocycles. The number of carbonyl (C=O) groups is 2. The molecule has 0 radical (unpaired) electrons. The molecule has 0 spiro atoms. The Hall–Kier alpha value is -2.99. The second-order valence-electron chi connectivity index (χ2n) is 9.42. The number of carbonyl (C=O) groups excluding carboxylic acids is 2. The van der Waals surface area contributed by atoms with E-state index >= 15 is 0 Å². The zero-order valence-corrected chi connectivity index (χ0v) is 23.6. The van der Waals surface area contributed by atoms with Crippen LogP contribution in [0.5, 0.6) is 0 Å². The molecule has 12 heteroatoms. The van der Waals surface area contributed by atoms with Crippen LogP contribution in [-0.4, -0.2) is 79.9 Å². The van der Waals surface area contributed by atoms with Crippen molar-refractivity contribution in [2.45, 2.75) is 37.8 Å². The SMILES string of the molecule is CCOC(=O)C1=C(CN2CCN(S(=O)(=O)c3ccc(Cl)cc3)[C@@H](C)C2)N(CC)C(=O)N[C@H]1c1cccc(F)c1. The lowest BCUT2D eigenvalue weighted by Crippen LogP contribution is -2.56. The Morgan fingerprint density at radius 1 is 1.15 bits per heavy atom. The molecule has 2 aliphatic heterocycles. The topological polar surface area (TPSA) is 99.3 Å². The molecule has 0 bridgehead atoms. The Bertz CT molecular complexity index is 1370. The molecule has 0 saturated carbocycles. The zero-order valence-electron chi connectivity index (χ0n) is 22.1. The summed E-state index contributed by atoms with van der Waals surface area (Å²) in [5.41, 5.74) is 1.11. The fraction of sp³-hybridized carbons (Fsp3) is 0.407. The minimum atomic E-state index is -3.74. The Balaban J connectivity index is 1.65. The van der Waals surface area contributed by atoms with Crippen LogP contribution >= 0.6 is 11.6 Å². The number of piperazine rings is 1.